The van der Waals surface area contributed by atoms with Crippen molar-refractivity contribution in [2.75, 3.05) is 0 Å². The molecule has 0 radical (unpaired) electrons. The van der Waals surface area contributed by atoms with Gasteiger partial charge in [-0.25, -0.2) is 9.37 Å². The molecular weight excluding hydrogens is 397 g/mol. The molecule has 3 aromatic rings. The molecule has 7 nitrogen and oxygen atoms in total. The van der Waals surface area contributed by atoms with Gasteiger partial charge in [0.25, 0.3) is 5.69 Å². The van der Waals surface area contributed by atoms with Gasteiger partial charge < -0.3 is 9.72 Å². The summed E-state index contributed by atoms with van der Waals surface area (Å²) in [4.78, 5) is 29.3. The lowest BCUT2D eigenvalue weighted by Gasteiger charge is -2.08. The van der Waals surface area contributed by atoms with Gasteiger partial charge in [-0.3, -0.25) is 14.9 Å². The van der Waals surface area contributed by atoms with Crippen LogP contribution in [-0.2, 0) is 0 Å². The van der Waals surface area contributed by atoms with Crippen LogP contribution in [-0.4, -0.2) is 20.7 Å². The maximum absolute atomic E-state index is 14.1. The number of nitro benzene ring substituents is 1. The van der Waals surface area contributed by atoms with Gasteiger partial charge in [-0.2, -0.15) is 0 Å². The third-order valence-corrected chi connectivity index (χ3v) is 4.15. The van der Waals surface area contributed by atoms with E-state index in [1.54, 1.807) is 6.92 Å². The number of pyridine rings is 1. The number of hydrogen-bond donors (Lipinski definition) is 1. The Morgan fingerprint density at radius 3 is 2.80 bits per heavy atom. The molecule has 2 heterocycles. The van der Waals surface area contributed by atoms with Crippen molar-refractivity contribution in [2.45, 2.75) is 13.3 Å². The maximum Gasteiger partial charge on any atom is 0.272 e. The number of hydrogen-bond acceptors (Lipinski definition) is 5. The minimum absolute atomic E-state index is 0.139. The second-order valence-electron chi connectivity index (χ2n) is 5.10. The van der Waals surface area contributed by atoms with Gasteiger partial charge >= 0.3 is 0 Å². The minimum Gasteiger partial charge on any atom is -0.453 e. The average Bonchev–Trinajstić information content (AvgIpc) is 2.92. The van der Waals surface area contributed by atoms with Crippen LogP contribution in [0.5, 0.6) is 11.5 Å². The molecule has 0 aliphatic rings. The number of carbonyl (C=O) groups excluding carboxylic acids is 1. The van der Waals surface area contributed by atoms with Crippen molar-refractivity contribution in [2.24, 2.45) is 0 Å². The number of non-ortho nitro benzene ring substituents is 1. The Labute approximate surface area is 149 Å². The summed E-state index contributed by atoms with van der Waals surface area (Å²) in [5.41, 5.74) is 0.391. The van der Waals surface area contributed by atoms with Crippen LogP contribution < -0.4 is 4.74 Å². The number of nitro groups is 1. The predicted octanol–water partition coefficient (Wildman–Crippen LogP) is 4.76. The Morgan fingerprint density at radius 1 is 1.40 bits per heavy atom. The van der Waals surface area contributed by atoms with E-state index < -0.39 is 10.7 Å². The third kappa shape index (κ3) is 3.10. The van der Waals surface area contributed by atoms with Crippen molar-refractivity contribution in [1.29, 1.82) is 0 Å². The maximum atomic E-state index is 14.1. The summed E-state index contributed by atoms with van der Waals surface area (Å²) < 4.78 is 20.1. The molecule has 0 saturated heterocycles. The van der Waals surface area contributed by atoms with Gasteiger partial charge in [-0.05, 0) is 28.1 Å². The Kier molecular flexibility index (Phi) is 4.49. The third-order valence-electron chi connectivity index (χ3n) is 3.56. The number of Topliss-reactive ketones (excluding diaryl/α,β-unsaturated/α-hetero) is 1. The van der Waals surface area contributed by atoms with E-state index in [1.807, 2.05) is 0 Å². The lowest BCUT2D eigenvalue weighted by molar-refractivity contribution is -0.385. The number of nitrogens with zero attached hydrogens (tertiary/aromatic N) is 2. The molecule has 1 aromatic carbocycles. The molecule has 0 bridgehead atoms. The average molecular weight is 408 g/mol. The van der Waals surface area contributed by atoms with E-state index in [1.165, 1.54) is 18.3 Å². The molecule has 0 saturated carbocycles. The number of fused-ring (bicyclic) bond motifs is 1. The van der Waals surface area contributed by atoms with Gasteiger partial charge in [0.05, 0.1) is 26.5 Å². The number of benzene rings is 1. The Hall–Kier alpha value is -2.81. The Morgan fingerprint density at radius 2 is 2.16 bits per heavy atom. The van der Waals surface area contributed by atoms with E-state index in [0.717, 1.165) is 12.1 Å². The van der Waals surface area contributed by atoms with Gasteiger partial charge in [0, 0.05) is 18.7 Å². The van der Waals surface area contributed by atoms with E-state index in [4.69, 9.17) is 4.74 Å². The van der Waals surface area contributed by atoms with E-state index >= 15 is 0 Å². The van der Waals surface area contributed by atoms with Gasteiger partial charge in [0.15, 0.2) is 17.3 Å². The Balaban J connectivity index is 2.11. The number of ether oxygens (including phenoxy) is 1. The first-order valence-corrected chi connectivity index (χ1v) is 8.02. The lowest BCUT2D eigenvalue weighted by Crippen LogP contribution is -1.98. The first-order chi connectivity index (χ1) is 11.9. The molecule has 25 heavy (non-hydrogen) atoms. The zero-order valence-electron chi connectivity index (χ0n) is 12.9. The SMILES string of the molecule is CCC(=O)c1c(Br)[nH]c2nccc(Oc3ccc([N+](=O)[O-])cc3F)c12. The van der Waals surface area contributed by atoms with E-state index in [2.05, 4.69) is 25.9 Å². The number of nitrogens with one attached hydrogen (secondary N) is 1. The fourth-order valence-corrected chi connectivity index (χ4v) is 2.99. The van der Waals surface area contributed by atoms with Gasteiger partial charge in [0.1, 0.15) is 11.4 Å². The first kappa shape index (κ1) is 17.0. The van der Waals surface area contributed by atoms with Crippen molar-refractivity contribution >= 4 is 38.4 Å². The molecule has 0 fully saturated rings. The van der Waals surface area contributed by atoms with Crippen molar-refractivity contribution < 1.29 is 18.8 Å². The molecule has 128 valence electrons. The second kappa shape index (κ2) is 6.60. The molecular formula is C16H11BrFN3O4. The first-order valence-electron chi connectivity index (χ1n) is 7.23. The number of aromatic nitrogens is 2. The summed E-state index contributed by atoms with van der Waals surface area (Å²) in [5.74, 6) is -0.987. The molecule has 0 aliphatic carbocycles. The molecule has 0 amide bonds. The highest BCUT2D eigenvalue weighted by atomic mass is 79.9. The fraction of sp³-hybridized carbons (Fsp3) is 0.125. The minimum atomic E-state index is -0.878. The Bertz CT molecular complexity index is 1000. The standard InChI is InChI=1S/C16H11BrFN3O4/c1-2-10(22)13-14-12(5-6-19-16(14)20-15(13)17)25-11-4-3-8(21(23)24)7-9(11)18/h3-7H,2H2,1H3,(H,19,20). The highest BCUT2D eigenvalue weighted by molar-refractivity contribution is 9.10. The largest absolute Gasteiger partial charge is 0.453 e. The van der Waals surface area contributed by atoms with Gasteiger partial charge in [0.2, 0.25) is 0 Å². The van der Waals surface area contributed by atoms with Crippen molar-refractivity contribution in [1.82, 2.24) is 9.97 Å². The zero-order chi connectivity index (χ0) is 18.1. The summed E-state index contributed by atoms with van der Waals surface area (Å²) in [6, 6.07) is 4.58. The number of carbonyl (C=O) groups is 1. The number of halogens is 2. The van der Waals surface area contributed by atoms with Crippen LogP contribution in [0.3, 0.4) is 0 Å². The monoisotopic (exact) mass is 407 g/mol. The summed E-state index contributed by atoms with van der Waals surface area (Å²) >= 11 is 3.29. The van der Waals surface area contributed by atoms with E-state index in [-0.39, 0.29) is 29.4 Å². The van der Waals surface area contributed by atoms with Crippen LogP contribution in [0.1, 0.15) is 23.7 Å². The van der Waals surface area contributed by atoms with Crippen molar-refractivity contribution in [3.05, 3.63) is 56.6 Å². The second-order valence-corrected chi connectivity index (χ2v) is 5.89. The van der Waals surface area contributed by atoms with Gasteiger partial charge in [-0.1, -0.05) is 6.92 Å². The highest BCUT2D eigenvalue weighted by Gasteiger charge is 2.21. The highest BCUT2D eigenvalue weighted by Crippen LogP contribution is 2.36. The normalized spacial score (nSPS) is 10.8. The quantitative estimate of drug-likeness (QED) is 0.373. The van der Waals surface area contributed by atoms with E-state index in [9.17, 15) is 19.3 Å². The van der Waals surface area contributed by atoms with Crippen LogP contribution in [0, 0.1) is 15.9 Å². The number of H-pyrrole nitrogens is 1. The number of rotatable bonds is 5. The van der Waals surface area contributed by atoms with Crippen molar-refractivity contribution in [3.8, 4) is 11.5 Å². The summed E-state index contributed by atoms with van der Waals surface area (Å²) in [6.45, 7) is 1.72. The zero-order valence-corrected chi connectivity index (χ0v) is 14.5. The summed E-state index contributed by atoms with van der Waals surface area (Å²) in [6.07, 6.45) is 1.72. The molecule has 2 aromatic heterocycles. The molecule has 0 spiro atoms. The molecule has 0 unspecified atom stereocenters. The molecule has 9 heteroatoms. The summed E-state index contributed by atoms with van der Waals surface area (Å²) in [7, 11) is 0. The lowest BCUT2D eigenvalue weighted by atomic mass is 10.1. The van der Waals surface area contributed by atoms with Crippen LogP contribution in [0.2, 0.25) is 0 Å². The van der Waals surface area contributed by atoms with Crippen LogP contribution in [0.15, 0.2) is 35.1 Å². The summed E-state index contributed by atoms with van der Waals surface area (Å²) in [5, 5.41) is 11.1. The molecule has 3 rings (SSSR count). The molecule has 0 aliphatic heterocycles. The van der Waals surface area contributed by atoms with Crippen LogP contribution in [0.4, 0.5) is 10.1 Å². The molecule has 1 N–H and O–H groups in total. The topological polar surface area (TPSA) is 98.1 Å². The van der Waals surface area contributed by atoms with Crippen LogP contribution >= 0.6 is 15.9 Å². The van der Waals surface area contributed by atoms with Crippen LogP contribution in [0.25, 0.3) is 11.0 Å². The predicted molar refractivity (Wildman–Crippen MR) is 91.5 cm³/mol. The fourth-order valence-electron chi connectivity index (χ4n) is 2.38. The van der Waals surface area contributed by atoms with E-state index in [0.29, 0.717) is 21.2 Å². The molecule has 0 atom stereocenters. The number of aromatic amines is 1. The van der Waals surface area contributed by atoms with Gasteiger partial charge in [-0.15, -0.1) is 0 Å². The smallest absolute Gasteiger partial charge is 0.272 e. The van der Waals surface area contributed by atoms with Crippen molar-refractivity contribution in [3.63, 3.8) is 0 Å². The number of ketones is 1.